The molecule has 1 aromatic rings. The topological polar surface area (TPSA) is 79.3 Å². The van der Waals surface area contributed by atoms with Gasteiger partial charge in [0.1, 0.15) is 5.15 Å². The summed E-state index contributed by atoms with van der Waals surface area (Å²) in [6, 6.07) is 3.14. The maximum absolute atomic E-state index is 11.8. The number of aliphatic hydroxyl groups is 1. The Labute approximate surface area is 119 Å². The van der Waals surface area contributed by atoms with Gasteiger partial charge in [0.2, 0.25) is 10.0 Å². The lowest BCUT2D eigenvalue weighted by molar-refractivity contribution is 0.0677. The quantitative estimate of drug-likeness (QED) is 0.809. The molecule has 0 fully saturated rings. The molecule has 7 heteroatoms. The van der Waals surface area contributed by atoms with Gasteiger partial charge in [-0.15, -0.1) is 0 Å². The van der Waals surface area contributed by atoms with Crippen LogP contribution in [0.4, 0.5) is 0 Å². The monoisotopic (exact) mass is 306 g/mol. The lowest BCUT2D eigenvalue weighted by atomic mass is 9.89. The summed E-state index contributed by atoms with van der Waals surface area (Å²) >= 11 is 5.63. The molecule has 0 amide bonds. The van der Waals surface area contributed by atoms with Crippen molar-refractivity contribution in [2.75, 3.05) is 6.54 Å². The van der Waals surface area contributed by atoms with E-state index in [0.717, 1.165) is 0 Å². The van der Waals surface area contributed by atoms with Crippen LogP contribution in [0.25, 0.3) is 0 Å². The van der Waals surface area contributed by atoms with E-state index < -0.39 is 16.1 Å². The highest BCUT2D eigenvalue weighted by Gasteiger charge is 2.23. The normalized spacial score (nSPS) is 14.4. The summed E-state index contributed by atoms with van der Waals surface area (Å²) in [6.45, 7) is 5.52. The summed E-state index contributed by atoms with van der Waals surface area (Å²) in [4.78, 5) is 3.82. The zero-order chi connectivity index (χ0) is 14.7. The number of nitrogens with one attached hydrogen (secondary N) is 1. The van der Waals surface area contributed by atoms with Crippen molar-refractivity contribution in [2.45, 2.75) is 32.6 Å². The van der Waals surface area contributed by atoms with Crippen molar-refractivity contribution in [3.63, 3.8) is 0 Å². The van der Waals surface area contributed by atoms with Gasteiger partial charge in [-0.1, -0.05) is 38.4 Å². The fourth-order valence-corrected chi connectivity index (χ4v) is 2.51. The number of hydrogen-bond donors (Lipinski definition) is 2. The molecular weight excluding hydrogens is 288 g/mol. The lowest BCUT2D eigenvalue weighted by Gasteiger charge is -2.25. The Balaban J connectivity index is 2.60. The number of hydrogen-bond acceptors (Lipinski definition) is 4. The second-order valence-corrected chi connectivity index (χ2v) is 7.67. The minimum absolute atomic E-state index is 0.00709. The van der Waals surface area contributed by atoms with Crippen molar-refractivity contribution in [2.24, 2.45) is 5.41 Å². The Morgan fingerprint density at radius 1 is 1.42 bits per heavy atom. The van der Waals surface area contributed by atoms with Crippen LogP contribution < -0.4 is 4.72 Å². The summed E-state index contributed by atoms with van der Waals surface area (Å²) in [5.41, 5.74) is 0.173. The summed E-state index contributed by atoms with van der Waals surface area (Å²) < 4.78 is 26.1. The van der Waals surface area contributed by atoms with Gasteiger partial charge >= 0.3 is 0 Å². The Morgan fingerprint density at radius 3 is 2.53 bits per heavy atom. The molecule has 19 heavy (non-hydrogen) atoms. The largest absolute Gasteiger partial charge is 0.391 e. The van der Waals surface area contributed by atoms with E-state index in [1.165, 1.54) is 12.3 Å². The zero-order valence-electron chi connectivity index (χ0n) is 11.2. The molecule has 108 valence electrons. The molecule has 5 nitrogen and oxygen atoms in total. The Bertz CT molecular complexity index is 509. The fraction of sp³-hybridized carbons (Fsp3) is 0.583. The van der Waals surface area contributed by atoms with Gasteiger partial charge in [0.05, 0.1) is 11.9 Å². The number of rotatable bonds is 5. The van der Waals surface area contributed by atoms with Crippen molar-refractivity contribution < 1.29 is 13.5 Å². The molecule has 0 aliphatic carbocycles. The molecule has 2 N–H and O–H groups in total. The maximum Gasteiger partial charge on any atom is 0.215 e. The summed E-state index contributed by atoms with van der Waals surface area (Å²) in [6.07, 6.45) is 0.674. The molecule has 0 spiro atoms. The highest BCUT2D eigenvalue weighted by molar-refractivity contribution is 7.88. The third-order valence-electron chi connectivity index (χ3n) is 2.64. The van der Waals surface area contributed by atoms with Gasteiger partial charge in [0, 0.05) is 12.7 Å². The molecule has 1 aromatic heterocycles. The van der Waals surface area contributed by atoms with E-state index in [4.69, 9.17) is 11.6 Å². The van der Waals surface area contributed by atoms with Gasteiger partial charge in [-0.25, -0.2) is 18.1 Å². The predicted molar refractivity (Wildman–Crippen MR) is 75.3 cm³/mol. The van der Waals surface area contributed by atoms with Crippen molar-refractivity contribution in [3.05, 3.63) is 29.0 Å². The first kappa shape index (κ1) is 16.4. The minimum Gasteiger partial charge on any atom is -0.391 e. The number of aliphatic hydroxyl groups excluding tert-OH is 1. The summed E-state index contributed by atoms with van der Waals surface area (Å²) in [7, 11) is -3.50. The van der Waals surface area contributed by atoms with Gasteiger partial charge in [-0.3, -0.25) is 0 Å². The standard InChI is InChI=1S/C12H19ClN2O3S/c1-12(2,3)10(16)7-15-19(17,18)8-9-4-5-11(13)14-6-9/h4-6,10,15-16H,7-8H2,1-3H3. The van der Waals surface area contributed by atoms with E-state index in [-0.39, 0.29) is 17.7 Å². The molecule has 1 atom stereocenters. The first-order chi connectivity index (χ1) is 8.60. The van der Waals surface area contributed by atoms with Gasteiger partial charge in [-0.05, 0) is 17.0 Å². The summed E-state index contributed by atoms with van der Waals surface area (Å²) in [5.74, 6) is -0.186. The van der Waals surface area contributed by atoms with Crippen molar-refractivity contribution >= 4 is 21.6 Å². The highest BCUT2D eigenvalue weighted by Crippen LogP contribution is 2.18. The highest BCUT2D eigenvalue weighted by atomic mass is 35.5. The molecule has 0 aliphatic rings. The molecule has 0 aromatic carbocycles. The lowest BCUT2D eigenvalue weighted by Crippen LogP contribution is -2.39. The fourth-order valence-electron chi connectivity index (χ4n) is 1.27. The second kappa shape index (κ2) is 6.17. The van der Waals surface area contributed by atoms with E-state index in [2.05, 4.69) is 9.71 Å². The van der Waals surface area contributed by atoms with E-state index in [1.807, 2.05) is 20.8 Å². The second-order valence-electron chi connectivity index (χ2n) is 5.48. The SMILES string of the molecule is CC(C)(C)C(O)CNS(=O)(=O)Cc1ccc(Cl)nc1. The number of nitrogens with zero attached hydrogens (tertiary/aromatic N) is 1. The van der Waals surface area contributed by atoms with Crippen molar-refractivity contribution in [3.8, 4) is 0 Å². The average Bonchev–Trinajstić information content (AvgIpc) is 2.27. The van der Waals surface area contributed by atoms with Crippen LogP contribution in [-0.4, -0.2) is 31.2 Å². The van der Waals surface area contributed by atoms with Crippen LogP contribution in [0, 0.1) is 5.41 Å². The average molecular weight is 307 g/mol. The number of halogens is 1. The predicted octanol–water partition coefficient (Wildman–Crippen LogP) is 1.56. The molecule has 0 aliphatic heterocycles. The van der Waals surface area contributed by atoms with E-state index in [1.54, 1.807) is 6.07 Å². The molecule has 1 rings (SSSR count). The minimum atomic E-state index is -3.50. The number of sulfonamides is 1. The first-order valence-corrected chi connectivity index (χ1v) is 7.89. The van der Waals surface area contributed by atoms with Gasteiger partial charge in [-0.2, -0.15) is 0 Å². The van der Waals surface area contributed by atoms with Crippen LogP contribution in [0.3, 0.4) is 0 Å². The van der Waals surface area contributed by atoms with Gasteiger partial charge < -0.3 is 5.11 Å². The van der Waals surface area contributed by atoms with Crippen LogP contribution in [0.5, 0.6) is 0 Å². The van der Waals surface area contributed by atoms with E-state index in [9.17, 15) is 13.5 Å². The molecule has 0 radical (unpaired) electrons. The van der Waals surface area contributed by atoms with Gasteiger partial charge in [0.25, 0.3) is 0 Å². The van der Waals surface area contributed by atoms with E-state index in [0.29, 0.717) is 10.7 Å². The zero-order valence-corrected chi connectivity index (χ0v) is 12.8. The van der Waals surface area contributed by atoms with Crippen LogP contribution in [0.1, 0.15) is 26.3 Å². The smallest absolute Gasteiger partial charge is 0.215 e. The van der Waals surface area contributed by atoms with Crippen LogP contribution in [0.2, 0.25) is 5.15 Å². The molecular formula is C12H19ClN2O3S. The summed E-state index contributed by atoms with van der Waals surface area (Å²) in [5, 5.41) is 10.1. The van der Waals surface area contributed by atoms with E-state index >= 15 is 0 Å². The molecule has 0 bridgehead atoms. The Morgan fingerprint density at radius 2 is 2.05 bits per heavy atom. The number of pyridine rings is 1. The Kier molecular flexibility index (Phi) is 5.32. The molecule has 1 heterocycles. The maximum atomic E-state index is 11.8. The van der Waals surface area contributed by atoms with Crippen LogP contribution in [-0.2, 0) is 15.8 Å². The van der Waals surface area contributed by atoms with Crippen LogP contribution in [0.15, 0.2) is 18.3 Å². The third kappa shape index (κ3) is 5.86. The third-order valence-corrected chi connectivity index (χ3v) is 4.19. The first-order valence-electron chi connectivity index (χ1n) is 5.86. The molecule has 0 saturated heterocycles. The Hall–Kier alpha value is -0.690. The molecule has 0 saturated carbocycles. The number of aromatic nitrogens is 1. The molecule has 1 unspecified atom stereocenters. The van der Waals surface area contributed by atoms with Crippen molar-refractivity contribution in [1.29, 1.82) is 0 Å². The van der Waals surface area contributed by atoms with Crippen LogP contribution >= 0.6 is 11.6 Å². The van der Waals surface area contributed by atoms with Gasteiger partial charge in [0.15, 0.2) is 0 Å². The van der Waals surface area contributed by atoms with Crippen molar-refractivity contribution in [1.82, 2.24) is 9.71 Å².